The predicted octanol–water partition coefficient (Wildman–Crippen LogP) is 4.13. The number of carbonyl (C=O) groups is 2. The molecule has 1 aromatic carbocycles. The van der Waals surface area contributed by atoms with Gasteiger partial charge in [-0.3, -0.25) is 9.59 Å². The number of nitrogens with one attached hydrogen (secondary N) is 1. The summed E-state index contributed by atoms with van der Waals surface area (Å²) in [5.74, 6) is -3.29. The van der Waals surface area contributed by atoms with Gasteiger partial charge in [0.2, 0.25) is 0 Å². The molecule has 1 heterocycles. The summed E-state index contributed by atoms with van der Waals surface area (Å²) in [7, 11) is 0. The molecule has 1 aromatic heterocycles. The van der Waals surface area contributed by atoms with Gasteiger partial charge in [-0.15, -0.1) is 0 Å². The third-order valence-electron chi connectivity index (χ3n) is 3.66. The van der Waals surface area contributed by atoms with Gasteiger partial charge in [0, 0.05) is 30.5 Å². The van der Waals surface area contributed by atoms with Crippen molar-refractivity contribution in [2.45, 2.75) is 24.6 Å². The van der Waals surface area contributed by atoms with Gasteiger partial charge in [0.1, 0.15) is 5.03 Å². The molecule has 0 unspecified atom stereocenters. The van der Waals surface area contributed by atoms with E-state index in [1.165, 1.54) is 18.3 Å². The van der Waals surface area contributed by atoms with E-state index in [1.807, 2.05) is 13.8 Å². The van der Waals surface area contributed by atoms with Crippen LogP contribution in [0.25, 0.3) is 0 Å². The Hall–Kier alpha value is -2.48. The van der Waals surface area contributed by atoms with Gasteiger partial charge in [-0.05, 0) is 62.0 Å². The van der Waals surface area contributed by atoms with E-state index in [0.29, 0.717) is 24.3 Å². The number of nitrogens with zero attached hydrogens (tertiary/aromatic N) is 2. The van der Waals surface area contributed by atoms with Crippen LogP contribution in [-0.4, -0.2) is 40.5 Å². The molecule has 0 aliphatic carbocycles. The van der Waals surface area contributed by atoms with Gasteiger partial charge in [0.15, 0.2) is 0 Å². The average Bonchev–Trinajstić information content (AvgIpc) is 2.63. The van der Waals surface area contributed by atoms with Crippen LogP contribution in [0.4, 0.5) is 14.5 Å². The Labute approximate surface area is 154 Å². The van der Waals surface area contributed by atoms with E-state index in [2.05, 4.69) is 10.3 Å². The van der Waals surface area contributed by atoms with Gasteiger partial charge in [-0.2, -0.15) is 8.78 Å². The highest BCUT2D eigenvalue weighted by Gasteiger charge is 2.17. The van der Waals surface area contributed by atoms with Crippen molar-refractivity contribution in [3.8, 4) is 0 Å². The number of anilines is 1. The largest absolute Gasteiger partial charge is 0.339 e. The maximum absolute atomic E-state index is 12.6. The molecule has 0 atom stereocenters. The maximum atomic E-state index is 12.6. The van der Waals surface area contributed by atoms with Crippen molar-refractivity contribution in [1.82, 2.24) is 9.88 Å². The second-order valence-electron chi connectivity index (χ2n) is 5.24. The number of aromatic nitrogens is 1. The summed E-state index contributed by atoms with van der Waals surface area (Å²) < 4.78 is 25.2. The lowest BCUT2D eigenvalue weighted by Gasteiger charge is -2.18. The standard InChI is InChI=1S/C18H19F2N3O2S/c1-3-23(4-2)17(25)12-7-9-13(10-8-12)22-15(24)14-6-5-11-21-16(14)26-18(19)20/h5-11,18H,3-4H2,1-2H3,(H,22,24). The van der Waals surface area contributed by atoms with Gasteiger partial charge in [0.05, 0.1) is 5.56 Å². The van der Waals surface area contributed by atoms with Gasteiger partial charge in [-0.25, -0.2) is 4.98 Å². The molecule has 0 aliphatic rings. The van der Waals surface area contributed by atoms with Gasteiger partial charge >= 0.3 is 0 Å². The Morgan fingerprint density at radius 2 is 1.81 bits per heavy atom. The highest BCUT2D eigenvalue weighted by molar-refractivity contribution is 7.99. The maximum Gasteiger partial charge on any atom is 0.290 e. The van der Waals surface area contributed by atoms with E-state index in [1.54, 1.807) is 29.2 Å². The molecular weight excluding hydrogens is 360 g/mol. The number of carbonyl (C=O) groups excluding carboxylic acids is 2. The average molecular weight is 379 g/mol. The SMILES string of the molecule is CCN(CC)C(=O)c1ccc(NC(=O)c2cccnc2SC(F)F)cc1. The number of hydrogen-bond donors (Lipinski definition) is 1. The fraction of sp³-hybridized carbons (Fsp3) is 0.278. The molecule has 0 fully saturated rings. The smallest absolute Gasteiger partial charge is 0.290 e. The van der Waals surface area contributed by atoms with E-state index < -0.39 is 11.7 Å². The molecule has 0 saturated carbocycles. The number of halogens is 2. The summed E-state index contributed by atoms with van der Waals surface area (Å²) in [6, 6.07) is 9.39. The molecule has 8 heteroatoms. The monoisotopic (exact) mass is 379 g/mol. The summed E-state index contributed by atoms with van der Waals surface area (Å²) in [5, 5.41) is 2.60. The van der Waals surface area contributed by atoms with Crippen molar-refractivity contribution in [3.05, 3.63) is 53.7 Å². The first-order valence-corrected chi connectivity index (χ1v) is 8.94. The van der Waals surface area contributed by atoms with Gasteiger partial charge in [-0.1, -0.05) is 0 Å². The van der Waals surface area contributed by atoms with Crippen molar-refractivity contribution < 1.29 is 18.4 Å². The van der Waals surface area contributed by atoms with Crippen molar-refractivity contribution in [2.75, 3.05) is 18.4 Å². The van der Waals surface area contributed by atoms with Crippen LogP contribution < -0.4 is 5.32 Å². The highest BCUT2D eigenvalue weighted by atomic mass is 32.2. The van der Waals surface area contributed by atoms with Crippen LogP contribution in [0.5, 0.6) is 0 Å². The van der Waals surface area contributed by atoms with E-state index in [-0.39, 0.29) is 28.3 Å². The Morgan fingerprint density at radius 3 is 2.38 bits per heavy atom. The van der Waals surface area contributed by atoms with Crippen LogP contribution in [0.15, 0.2) is 47.6 Å². The first-order chi connectivity index (χ1) is 12.5. The van der Waals surface area contributed by atoms with E-state index in [4.69, 9.17) is 0 Å². The van der Waals surface area contributed by atoms with E-state index in [0.717, 1.165) is 0 Å². The Balaban J connectivity index is 2.12. The van der Waals surface area contributed by atoms with Crippen LogP contribution in [0.1, 0.15) is 34.6 Å². The topological polar surface area (TPSA) is 62.3 Å². The Morgan fingerprint density at radius 1 is 1.15 bits per heavy atom. The van der Waals surface area contributed by atoms with Crippen LogP contribution >= 0.6 is 11.8 Å². The van der Waals surface area contributed by atoms with Gasteiger partial charge in [0.25, 0.3) is 17.6 Å². The molecule has 0 bridgehead atoms. The third-order valence-corrected chi connectivity index (χ3v) is 4.38. The molecule has 2 aromatic rings. The molecule has 26 heavy (non-hydrogen) atoms. The third kappa shape index (κ3) is 5.01. The Kier molecular flexibility index (Phi) is 7.08. The van der Waals surface area contributed by atoms with Crippen LogP contribution in [0.2, 0.25) is 0 Å². The normalized spacial score (nSPS) is 10.7. The summed E-state index contributed by atoms with van der Waals surface area (Å²) in [6.07, 6.45) is 1.36. The summed E-state index contributed by atoms with van der Waals surface area (Å²) in [4.78, 5) is 30.1. The second-order valence-corrected chi connectivity index (χ2v) is 6.22. The fourth-order valence-electron chi connectivity index (χ4n) is 2.33. The number of hydrogen-bond acceptors (Lipinski definition) is 4. The van der Waals surface area contributed by atoms with Gasteiger partial charge < -0.3 is 10.2 Å². The number of amides is 2. The fourth-order valence-corrected chi connectivity index (χ4v) is 2.91. The lowest BCUT2D eigenvalue weighted by atomic mass is 10.1. The molecule has 5 nitrogen and oxygen atoms in total. The number of rotatable bonds is 7. The summed E-state index contributed by atoms with van der Waals surface area (Å²) in [5.41, 5.74) is 1.05. The van der Waals surface area contributed by atoms with E-state index in [9.17, 15) is 18.4 Å². The molecule has 138 valence electrons. The molecule has 0 aliphatic heterocycles. The van der Waals surface area contributed by atoms with E-state index >= 15 is 0 Å². The lowest BCUT2D eigenvalue weighted by Crippen LogP contribution is -2.30. The van der Waals surface area contributed by atoms with Crippen LogP contribution in [0, 0.1) is 0 Å². The highest BCUT2D eigenvalue weighted by Crippen LogP contribution is 2.26. The minimum atomic E-state index is -2.66. The number of pyridine rings is 1. The summed E-state index contributed by atoms with van der Waals surface area (Å²) >= 11 is 0.223. The predicted molar refractivity (Wildman–Crippen MR) is 97.7 cm³/mol. The molecule has 1 N–H and O–H groups in total. The minimum Gasteiger partial charge on any atom is -0.339 e. The zero-order valence-corrected chi connectivity index (χ0v) is 15.2. The zero-order chi connectivity index (χ0) is 19.1. The lowest BCUT2D eigenvalue weighted by molar-refractivity contribution is 0.0773. The van der Waals surface area contributed by atoms with Crippen molar-refractivity contribution in [2.24, 2.45) is 0 Å². The molecule has 2 amide bonds. The molecule has 0 radical (unpaired) electrons. The van der Waals surface area contributed by atoms with Crippen molar-refractivity contribution in [1.29, 1.82) is 0 Å². The molecule has 0 spiro atoms. The molecular formula is C18H19F2N3O2S. The van der Waals surface area contributed by atoms with Crippen molar-refractivity contribution in [3.63, 3.8) is 0 Å². The zero-order valence-electron chi connectivity index (χ0n) is 14.4. The molecule has 0 saturated heterocycles. The first kappa shape index (κ1) is 19.8. The Bertz CT molecular complexity index is 765. The molecule has 2 rings (SSSR count). The quantitative estimate of drug-likeness (QED) is 0.735. The minimum absolute atomic E-state index is 0.0340. The van der Waals surface area contributed by atoms with Crippen molar-refractivity contribution >= 4 is 29.3 Å². The number of thioether (sulfide) groups is 1. The number of alkyl halides is 2. The van der Waals surface area contributed by atoms with Crippen LogP contribution in [0.3, 0.4) is 0 Å². The first-order valence-electron chi connectivity index (χ1n) is 8.06. The number of benzene rings is 1. The second kappa shape index (κ2) is 9.28. The summed E-state index contributed by atoms with van der Waals surface area (Å²) in [6.45, 7) is 5.02. The van der Waals surface area contributed by atoms with Crippen LogP contribution in [-0.2, 0) is 0 Å².